The van der Waals surface area contributed by atoms with E-state index >= 15 is 0 Å². The number of halogens is 1. The van der Waals surface area contributed by atoms with Crippen molar-refractivity contribution in [2.75, 3.05) is 31.6 Å². The number of rotatable bonds is 4. The van der Waals surface area contributed by atoms with Gasteiger partial charge in [0.25, 0.3) is 0 Å². The monoisotopic (exact) mass is 292 g/mol. The molecule has 1 heterocycles. The molecule has 1 aliphatic rings. The van der Waals surface area contributed by atoms with Gasteiger partial charge in [-0.05, 0) is 50.9 Å². The number of nitrogens with zero attached hydrogens (tertiary/aromatic N) is 2. The molecule has 0 aromatic heterocycles. The van der Waals surface area contributed by atoms with Crippen LogP contribution in [0.3, 0.4) is 0 Å². The first-order chi connectivity index (χ1) is 9.93. The van der Waals surface area contributed by atoms with Gasteiger partial charge in [-0.3, -0.25) is 4.79 Å². The highest BCUT2D eigenvalue weighted by molar-refractivity contribution is 6.00. The maximum Gasteiger partial charge on any atom is 0.161 e. The van der Waals surface area contributed by atoms with Crippen LogP contribution in [-0.2, 0) is 0 Å². The van der Waals surface area contributed by atoms with Crippen LogP contribution in [0.25, 0.3) is 0 Å². The molecule has 116 valence electrons. The topological polar surface area (TPSA) is 23.6 Å². The Labute approximate surface area is 126 Å². The third kappa shape index (κ3) is 3.43. The molecule has 4 heteroatoms. The standard InChI is InChI=1S/C17H25FN2O/c1-5-20-8-6-14(7-9-20)19(4)17-10-12(2)16(18)11-15(17)13(3)21/h10-11,14H,5-9H2,1-4H3. The number of Topliss-reactive ketones (excluding diaryl/α,β-unsaturated/α-hetero) is 1. The number of ketones is 1. The molecular weight excluding hydrogens is 267 g/mol. The Bertz CT molecular complexity index is 522. The molecule has 1 aliphatic heterocycles. The number of hydrogen-bond acceptors (Lipinski definition) is 3. The van der Waals surface area contributed by atoms with E-state index in [9.17, 15) is 9.18 Å². The fourth-order valence-electron chi connectivity index (χ4n) is 3.06. The van der Waals surface area contributed by atoms with Crippen LogP contribution in [0.5, 0.6) is 0 Å². The van der Waals surface area contributed by atoms with Gasteiger partial charge in [0, 0.05) is 37.4 Å². The van der Waals surface area contributed by atoms with Gasteiger partial charge in [-0.2, -0.15) is 0 Å². The van der Waals surface area contributed by atoms with Crippen molar-refractivity contribution in [2.24, 2.45) is 0 Å². The van der Waals surface area contributed by atoms with E-state index in [1.165, 1.54) is 13.0 Å². The predicted molar refractivity (Wildman–Crippen MR) is 84.7 cm³/mol. The lowest BCUT2D eigenvalue weighted by molar-refractivity contribution is 0.101. The van der Waals surface area contributed by atoms with Gasteiger partial charge in [-0.15, -0.1) is 0 Å². The highest BCUT2D eigenvalue weighted by atomic mass is 19.1. The van der Waals surface area contributed by atoms with Crippen molar-refractivity contribution in [1.29, 1.82) is 0 Å². The first-order valence-electron chi connectivity index (χ1n) is 7.70. The number of carbonyl (C=O) groups is 1. The highest BCUT2D eigenvalue weighted by Gasteiger charge is 2.24. The molecule has 0 spiro atoms. The van der Waals surface area contributed by atoms with Gasteiger partial charge < -0.3 is 9.80 Å². The molecule has 0 atom stereocenters. The van der Waals surface area contributed by atoms with E-state index in [0.29, 0.717) is 17.2 Å². The second-order valence-electron chi connectivity index (χ2n) is 5.95. The molecule has 1 aromatic rings. The Morgan fingerprint density at radius 3 is 2.52 bits per heavy atom. The molecule has 21 heavy (non-hydrogen) atoms. The normalized spacial score (nSPS) is 17.0. The number of likely N-dealkylation sites (tertiary alicyclic amines) is 1. The van der Waals surface area contributed by atoms with Gasteiger partial charge in [-0.1, -0.05) is 6.92 Å². The summed E-state index contributed by atoms with van der Waals surface area (Å²) < 4.78 is 13.7. The fraction of sp³-hybridized carbons (Fsp3) is 0.588. The summed E-state index contributed by atoms with van der Waals surface area (Å²) in [6.45, 7) is 8.69. The van der Waals surface area contributed by atoms with Crippen molar-refractivity contribution in [1.82, 2.24) is 4.90 Å². The van der Waals surface area contributed by atoms with Gasteiger partial charge in [0.1, 0.15) is 5.82 Å². The van der Waals surface area contributed by atoms with Crippen LogP contribution in [0.4, 0.5) is 10.1 Å². The molecule has 0 saturated carbocycles. The fourth-order valence-corrected chi connectivity index (χ4v) is 3.06. The molecule has 3 nitrogen and oxygen atoms in total. The first kappa shape index (κ1) is 16.0. The summed E-state index contributed by atoms with van der Waals surface area (Å²) in [5.41, 5.74) is 1.93. The number of benzene rings is 1. The van der Waals surface area contributed by atoms with Crippen molar-refractivity contribution in [3.63, 3.8) is 0 Å². The van der Waals surface area contributed by atoms with Gasteiger partial charge in [-0.25, -0.2) is 4.39 Å². The summed E-state index contributed by atoms with van der Waals surface area (Å²) in [6.07, 6.45) is 2.16. The molecule has 0 bridgehead atoms. The van der Waals surface area contributed by atoms with Crippen LogP contribution >= 0.6 is 0 Å². The highest BCUT2D eigenvalue weighted by Crippen LogP contribution is 2.28. The van der Waals surface area contributed by atoms with Crippen molar-refractivity contribution >= 4 is 11.5 Å². The summed E-state index contributed by atoms with van der Waals surface area (Å²) in [7, 11) is 2.02. The largest absolute Gasteiger partial charge is 0.371 e. The summed E-state index contributed by atoms with van der Waals surface area (Å²) in [5, 5.41) is 0. The zero-order chi connectivity index (χ0) is 15.6. The quantitative estimate of drug-likeness (QED) is 0.796. The Morgan fingerprint density at radius 2 is 2.00 bits per heavy atom. The molecule has 0 unspecified atom stereocenters. The summed E-state index contributed by atoms with van der Waals surface area (Å²) in [6, 6.07) is 3.60. The SMILES string of the molecule is CCN1CCC(N(C)c2cc(C)c(F)cc2C(C)=O)CC1. The third-order valence-corrected chi connectivity index (χ3v) is 4.59. The second kappa shape index (κ2) is 6.56. The van der Waals surface area contributed by atoms with Crippen molar-refractivity contribution < 1.29 is 9.18 Å². The summed E-state index contributed by atoms with van der Waals surface area (Å²) in [5.74, 6) is -0.389. The van der Waals surface area contributed by atoms with Crippen LogP contribution in [0.1, 0.15) is 42.6 Å². The van der Waals surface area contributed by atoms with Crippen LogP contribution < -0.4 is 4.90 Å². The van der Waals surface area contributed by atoms with E-state index in [1.54, 1.807) is 13.0 Å². The molecule has 0 aliphatic carbocycles. The third-order valence-electron chi connectivity index (χ3n) is 4.59. The predicted octanol–water partition coefficient (Wildman–Crippen LogP) is 3.26. The lowest BCUT2D eigenvalue weighted by atomic mass is 9.99. The zero-order valence-electron chi connectivity index (χ0n) is 13.4. The van der Waals surface area contributed by atoms with E-state index in [1.807, 2.05) is 7.05 Å². The van der Waals surface area contributed by atoms with Gasteiger partial charge in [0.05, 0.1) is 0 Å². The van der Waals surface area contributed by atoms with Crippen LogP contribution in [0.2, 0.25) is 0 Å². The average molecular weight is 292 g/mol. The van der Waals surface area contributed by atoms with E-state index in [4.69, 9.17) is 0 Å². The molecular formula is C17H25FN2O. The molecule has 1 saturated heterocycles. The molecule has 1 fully saturated rings. The number of anilines is 1. The average Bonchev–Trinajstić information content (AvgIpc) is 2.48. The van der Waals surface area contributed by atoms with Crippen molar-refractivity contribution in [2.45, 2.75) is 39.7 Å². The summed E-state index contributed by atoms with van der Waals surface area (Å²) in [4.78, 5) is 16.4. The Morgan fingerprint density at radius 1 is 1.38 bits per heavy atom. The molecule has 0 N–H and O–H groups in total. The molecule has 2 rings (SSSR count). The van der Waals surface area contributed by atoms with Crippen LogP contribution in [0, 0.1) is 12.7 Å². The Hall–Kier alpha value is -1.42. The number of hydrogen-bond donors (Lipinski definition) is 0. The van der Waals surface area contributed by atoms with E-state index in [0.717, 1.165) is 38.2 Å². The second-order valence-corrected chi connectivity index (χ2v) is 5.95. The Kier molecular flexibility index (Phi) is 4.99. The molecule has 1 aromatic carbocycles. The smallest absolute Gasteiger partial charge is 0.161 e. The first-order valence-corrected chi connectivity index (χ1v) is 7.70. The van der Waals surface area contributed by atoms with Crippen molar-refractivity contribution in [3.8, 4) is 0 Å². The molecule has 0 radical (unpaired) electrons. The zero-order valence-corrected chi connectivity index (χ0v) is 13.4. The maximum absolute atomic E-state index is 13.7. The van der Waals surface area contributed by atoms with E-state index in [2.05, 4.69) is 16.7 Å². The molecule has 0 amide bonds. The van der Waals surface area contributed by atoms with Crippen LogP contribution in [0.15, 0.2) is 12.1 Å². The maximum atomic E-state index is 13.7. The van der Waals surface area contributed by atoms with E-state index < -0.39 is 0 Å². The Balaban J connectivity index is 2.24. The minimum atomic E-state index is -0.307. The van der Waals surface area contributed by atoms with Crippen molar-refractivity contribution in [3.05, 3.63) is 29.1 Å². The van der Waals surface area contributed by atoms with Gasteiger partial charge in [0.2, 0.25) is 0 Å². The summed E-state index contributed by atoms with van der Waals surface area (Å²) >= 11 is 0. The minimum Gasteiger partial charge on any atom is -0.371 e. The van der Waals surface area contributed by atoms with E-state index in [-0.39, 0.29) is 11.6 Å². The lowest BCUT2D eigenvalue weighted by Crippen LogP contribution is -2.43. The lowest BCUT2D eigenvalue weighted by Gasteiger charge is -2.38. The number of piperidine rings is 1. The number of aryl methyl sites for hydroxylation is 1. The van der Waals surface area contributed by atoms with Gasteiger partial charge >= 0.3 is 0 Å². The van der Waals surface area contributed by atoms with Gasteiger partial charge in [0.15, 0.2) is 5.78 Å². The number of carbonyl (C=O) groups excluding carboxylic acids is 1. The minimum absolute atomic E-state index is 0.0817. The van der Waals surface area contributed by atoms with Crippen LogP contribution in [-0.4, -0.2) is 43.4 Å².